The molecule has 0 atom stereocenters. The van der Waals surface area contributed by atoms with E-state index in [4.69, 9.17) is 0 Å². The molecular formula is C21H27FN4OS. The van der Waals surface area contributed by atoms with E-state index in [9.17, 15) is 9.18 Å². The van der Waals surface area contributed by atoms with Crippen LogP contribution in [0.2, 0.25) is 0 Å². The van der Waals surface area contributed by atoms with E-state index in [1.54, 1.807) is 23.9 Å². The summed E-state index contributed by atoms with van der Waals surface area (Å²) >= 11 is 1.79. The van der Waals surface area contributed by atoms with Gasteiger partial charge < -0.3 is 16.0 Å². The molecule has 0 aromatic heterocycles. The van der Waals surface area contributed by atoms with Gasteiger partial charge in [0.1, 0.15) is 5.82 Å². The molecule has 2 aromatic rings. The maximum Gasteiger partial charge on any atom is 0.224 e. The highest BCUT2D eigenvalue weighted by atomic mass is 32.2. The molecule has 0 saturated carbocycles. The minimum atomic E-state index is -0.302. The number of halogens is 1. The first-order valence-electron chi connectivity index (χ1n) is 9.38. The van der Waals surface area contributed by atoms with Crippen LogP contribution in [0.15, 0.2) is 64.5 Å². The lowest BCUT2D eigenvalue weighted by Crippen LogP contribution is -2.39. The number of nitrogens with zero attached hydrogens (tertiary/aromatic N) is 1. The Balaban J connectivity index is 1.65. The predicted octanol–water partition coefficient (Wildman–Crippen LogP) is 2.83. The van der Waals surface area contributed by atoms with E-state index in [1.807, 2.05) is 25.1 Å². The molecule has 0 unspecified atom stereocenters. The Bertz CT molecular complexity index is 738. The van der Waals surface area contributed by atoms with E-state index >= 15 is 0 Å². The Kier molecular flexibility index (Phi) is 9.93. The second kappa shape index (κ2) is 12.8. The molecular weight excluding hydrogens is 375 g/mol. The summed E-state index contributed by atoms with van der Waals surface area (Å²) < 4.78 is 12.9. The van der Waals surface area contributed by atoms with Gasteiger partial charge in [0, 0.05) is 30.3 Å². The Hall–Kier alpha value is -2.54. The second-order valence-electron chi connectivity index (χ2n) is 6.00. The number of amides is 1. The van der Waals surface area contributed by atoms with Crippen LogP contribution in [-0.2, 0) is 11.2 Å². The van der Waals surface area contributed by atoms with Crippen LogP contribution in [0.5, 0.6) is 0 Å². The zero-order valence-electron chi connectivity index (χ0n) is 16.1. The molecule has 7 heteroatoms. The van der Waals surface area contributed by atoms with E-state index in [-0.39, 0.29) is 18.1 Å². The number of rotatable bonds is 10. The molecule has 2 aromatic carbocycles. The maximum absolute atomic E-state index is 12.9. The van der Waals surface area contributed by atoms with Crippen molar-refractivity contribution in [1.82, 2.24) is 16.0 Å². The molecule has 0 saturated heterocycles. The van der Waals surface area contributed by atoms with Crippen molar-refractivity contribution in [2.24, 2.45) is 4.99 Å². The van der Waals surface area contributed by atoms with Gasteiger partial charge in [0.05, 0.1) is 13.0 Å². The van der Waals surface area contributed by atoms with Crippen LogP contribution in [0.1, 0.15) is 12.5 Å². The summed E-state index contributed by atoms with van der Waals surface area (Å²) in [6.07, 6.45) is 0.235. The Labute approximate surface area is 170 Å². The highest BCUT2D eigenvalue weighted by Crippen LogP contribution is 2.15. The number of nitrogens with one attached hydrogen (secondary N) is 3. The van der Waals surface area contributed by atoms with E-state index < -0.39 is 0 Å². The minimum absolute atomic E-state index is 0.0981. The number of guanidine groups is 1. The van der Waals surface area contributed by atoms with Gasteiger partial charge in [0.25, 0.3) is 0 Å². The van der Waals surface area contributed by atoms with Crippen molar-refractivity contribution in [2.75, 3.05) is 31.9 Å². The molecule has 2 rings (SSSR count). The highest BCUT2D eigenvalue weighted by Gasteiger charge is 2.03. The van der Waals surface area contributed by atoms with Crippen molar-refractivity contribution in [3.05, 3.63) is 66.0 Å². The standard InChI is InChI=1S/C21H27FN4OS/c1-2-23-21(26-14-15-28-19-6-4-3-5-7-19)25-13-12-24-20(27)16-17-8-10-18(22)11-9-17/h3-11H,2,12-16H2,1H3,(H,24,27)(H2,23,25,26). The minimum Gasteiger partial charge on any atom is -0.357 e. The summed E-state index contributed by atoms with van der Waals surface area (Å²) in [6, 6.07) is 16.2. The number of thioether (sulfide) groups is 1. The van der Waals surface area contributed by atoms with Gasteiger partial charge in [0.2, 0.25) is 5.91 Å². The fourth-order valence-electron chi connectivity index (χ4n) is 2.41. The molecule has 0 aliphatic heterocycles. The Morgan fingerprint density at radius 2 is 1.75 bits per heavy atom. The fraction of sp³-hybridized carbons (Fsp3) is 0.333. The van der Waals surface area contributed by atoms with Gasteiger partial charge in [-0.15, -0.1) is 11.8 Å². The van der Waals surface area contributed by atoms with Crippen LogP contribution in [0, 0.1) is 5.82 Å². The quantitative estimate of drug-likeness (QED) is 0.247. The first-order valence-corrected chi connectivity index (χ1v) is 10.4. The van der Waals surface area contributed by atoms with Crippen LogP contribution < -0.4 is 16.0 Å². The molecule has 0 radical (unpaired) electrons. The summed E-state index contributed by atoms with van der Waals surface area (Å²) in [5, 5.41) is 9.32. The van der Waals surface area contributed by atoms with Crippen molar-refractivity contribution < 1.29 is 9.18 Å². The average Bonchev–Trinajstić information content (AvgIpc) is 2.71. The lowest BCUT2D eigenvalue weighted by molar-refractivity contribution is -0.120. The molecule has 0 bridgehead atoms. The summed E-state index contributed by atoms with van der Waals surface area (Å²) in [5.41, 5.74) is 0.785. The normalized spacial score (nSPS) is 11.1. The van der Waals surface area contributed by atoms with Gasteiger partial charge in [-0.3, -0.25) is 9.79 Å². The summed E-state index contributed by atoms with van der Waals surface area (Å²) in [5.74, 6) is 1.27. The van der Waals surface area contributed by atoms with Crippen molar-refractivity contribution >= 4 is 23.6 Å². The topological polar surface area (TPSA) is 65.5 Å². The molecule has 28 heavy (non-hydrogen) atoms. The van der Waals surface area contributed by atoms with Gasteiger partial charge in [-0.2, -0.15) is 0 Å². The first-order chi connectivity index (χ1) is 13.7. The molecule has 1 amide bonds. The number of aliphatic imine (C=N–C) groups is 1. The number of hydrogen-bond acceptors (Lipinski definition) is 3. The van der Waals surface area contributed by atoms with Crippen molar-refractivity contribution in [2.45, 2.75) is 18.2 Å². The third-order valence-electron chi connectivity index (χ3n) is 3.73. The van der Waals surface area contributed by atoms with Gasteiger partial charge in [-0.25, -0.2) is 4.39 Å². The molecule has 5 nitrogen and oxygen atoms in total. The number of hydrogen-bond donors (Lipinski definition) is 3. The van der Waals surface area contributed by atoms with E-state index in [2.05, 4.69) is 33.1 Å². The smallest absolute Gasteiger partial charge is 0.224 e. The lowest BCUT2D eigenvalue weighted by atomic mass is 10.1. The zero-order chi connectivity index (χ0) is 20.0. The molecule has 0 aliphatic carbocycles. The monoisotopic (exact) mass is 402 g/mol. The largest absolute Gasteiger partial charge is 0.357 e. The van der Waals surface area contributed by atoms with Gasteiger partial charge in [0.15, 0.2) is 5.96 Å². The van der Waals surface area contributed by atoms with Crippen LogP contribution in [-0.4, -0.2) is 43.8 Å². The summed E-state index contributed by atoms with van der Waals surface area (Å²) in [7, 11) is 0. The van der Waals surface area contributed by atoms with Crippen LogP contribution >= 0.6 is 11.8 Å². The first kappa shape index (κ1) is 21.8. The summed E-state index contributed by atoms with van der Waals surface area (Å²) in [4.78, 5) is 17.6. The van der Waals surface area contributed by atoms with E-state index in [1.165, 1.54) is 17.0 Å². The van der Waals surface area contributed by atoms with Crippen molar-refractivity contribution in [3.63, 3.8) is 0 Å². The van der Waals surface area contributed by atoms with E-state index in [0.29, 0.717) is 13.1 Å². The Morgan fingerprint density at radius 3 is 2.46 bits per heavy atom. The molecule has 0 heterocycles. The zero-order valence-corrected chi connectivity index (χ0v) is 16.9. The molecule has 0 spiro atoms. The summed E-state index contributed by atoms with van der Waals surface area (Å²) in [6.45, 7) is 4.52. The third-order valence-corrected chi connectivity index (χ3v) is 4.75. The number of carbonyl (C=O) groups excluding carboxylic acids is 1. The highest BCUT2D eigenvalue weighted by molar-refractivity contribution is 7.99. The van der Waals surface area contributed by atoms with Crippen LogP contribution in [0.3, 0.4) is 0 Å². The average molecular weight is 403 g/mol. The van der Waals surface area contributed by atoms with Gasteiger partial charge >= 0.3 is 0 Å². The van der Waals surface area contributed by atoms with Gasteiger partial charge in [-0.1, -0.05) is 30.3 Å². The van der Waals surface area contributed by atoms with Crippen LogP contribution in [0.4, 0.5) is 4.39 Å². The lowest BCUT2D eigenvalue weighted by Gasteiger charge is -2.11. The SMILES string of the molecule is CCNC(=NCCNC(=O)Cc1ccc(F)cc1)NCCSc1ccccc1. The predicted molar refractivity (Wildman–Crippen MR) is 114 cm³/mol. The molecule has 0 aliphatic rings. The number of carbonyl (C=O) groups is 1. The second-order valence-corrected chi connectivity index (χ2v) is 7.17. The van der Waals surface area contributed by atoms with Crippen molar-refractivity contribution in [3.8, 4) is 0 Å². The third kappa shape index (κ3) is 8.90. The van der Waals surface area contributed by atoms with E-state index in [0.717, 1.165) is 30.4 Å². The molecule has 150 valence electrons. The van der Waals surface area contributed by atoms with Crippen molar-refractivity contribution in [1.29, 1.82) is 0 Å². The maximum atomic E-state index is 12.9. The fourth-order valence-corrected chi connectivity index (χ4v) is 3.20. The Morgan fingerprint density at radius 1 is 1.00 bits per heavy atom. The van der Waals surface area contributed by atoms with Crippen LogP contribution in [0.25, 0.3) is 0 Å². The number of benzene rings is 2. The van der Waals surface area contributed by atoms with Gasteiger partial charge in [-0.05, 0) is 36.8 Å². The molecule has 3 N–H and O–H groups in total. The molecule has 0 fully saturated rings.